The fraction of sp³-hybridized carbons (Fsp3) is 0. The van der Waals surface area contributed by atoms with Crippen LogP contribution in [-0.4, -0.2) is 9.13 Å². The van der Waals surface area contributed by atoms with Crippen LogP contribution in [0.15, 0.2) is 170 Å². The first-order valence-corrected chi connectivity index (χ1v) is 15.1. The Labute approximate surface area is 255 Å². The molecule has 2 nitrogen and oxygen atoms in total. The number of hydrogen-bond donors (Lipinski definition) is 0. The number of fused-ring (bicyclic) bond motifs is 10. The molecule has 0 saturated carbocycles. The molecule has 0 unspecified atom stereocenters. The maximum atomic E-state index is 2.49. The summed E-state index contributed by atoms with van der Waals surface area (Å²) in [5.74, 6) is 0. The zero-order valence-corrected chi connectivity index (χ0v) is 24.1. The van der Waals surface area contributed by atoms with E-state index in [2.05, 4.69) is 179 Å². The Hall–Kier alpha value is -5.86. The monoisotopic (exact) mass is 560 g/mol. The molecule has 0 bridgehead atoms. The van der Waals surface area contributed by atoms with Gasteiger partial charge in [-0.15, -0.1) is 0 Å². The molecule has 2 heteroatoms. The predicted molar refractivity (Wildman–Crippen MR) is 188 cm³/mol. The molecule has 0 radical (unpaired) electrons. The summed E-state index contributed by atoms with van der Waals surface area (Å²) in [7, 11) is 0. The van der Waals surface area contributed by atoms with Gasteiger partial charge < -0.3 is 9.13 Å². The summed E-state index contributed by atoms with van der Waals surface area (Å²) >= 11 is 0. The molecule has 0 aliphatic carbocycles. The summed E-state index contributed by atoms with van der Waals surface area (Å²) in [4.78, 5) is 0. The van der Waals surface area contributed by atoms with Gasteiger partial charge in [-0.2, -0.15) is 0 Å². The maximum Gasteiger partial charge on any atom is 0.0782 e. The highest BCUT2D eigenvalue weighted by Crippen LogP contribution is 2.39. The molecule has 0 amide bonds. The van der Waals surface area contributed by atoms with Crippen molar-refractivity contribution in [3.8, 4) is 11.4 Å². The van der Waals surface area contributed by atoms with Crippen molar-refractivity contribution in [3.05, 3.63) is 170 Å². The molecule has 2 aromatic heterocycles. The van der Waals surface area contributed by atoms with Gasteiger partial charge >= 0.3 is 0 Å². The summed E-state index contributed by atoms with van der Waals surface area (Å²) in [5, 5.41) is 9.82. The molecule has 0 aliphatic heterocycles. The van der Waals surface area contributed by atoms with Crippen molar-refractivity contribution in [1.29, 1.82) is 0 Å². The Morgan fingerprint density at radius 3 is 1.14 bits per heavy atom. The lowest BCUT2D eigenvalue weighted by atomic mass is 10.0. The summed E-state index contributed by atoms with van der Waals surface area (Å²) in [5.41, 5.74) is 6.97. The van der Waals surface area contributed by atoms with Gasteiger partial charge in [0, 0.05) is 27.2 Å². The topological polar surface area (TPSA) is 9.86 Å². The van der Waals surface area contributed by atoms with Crippen LogP contribution in [0.2, 0.25) is 0 Å². The van der Waals surface area contributed by atoms with Gasteiger partial charge in [0.1, 0.15) is 0 Å². The lowest BCUT2D eigenvalue weighted by Gasteiger charge is -2.17. The second-order valence-electron chi connectivity index (χ2n) is 11.3. The van der Waals surface area contributed by atoms with Crippen molar-refractivity contribution >= 4 is 65.2 Å². The highest BCUT2D eigenvalue weighted by molar-refractivity contribution is 6.20. The lowest BCUT2D eigenvalue weighted by Crippen LogP contribution is -2.02. The Morgan fingerprint density at radius 2 is 0.614 bits per heavy atom. The molecule has 44 heavy (non-hydrogen) atoms. The average molecular weight is 561 g/mol. The third kappa shape index (κ3) is 3.61. The molecule has 0 N–H and O–H groups in total. The number of benzene rings is 7. The quantitative estimate of drug-likeness (QED) is 0.199. The molecule has 0 fully saturated rings. The van der Waals surface area contributed by atoms with Crippen molar-refractivity contribution in [2.45, 2.75) is 0 Å². The minimum atomic E-state index is 1.14. The van der Waals surface area contributed by atoms with Gasteiger partial charge in [-0.1, -0.05) is 133 Å². The summed E-state index contributed by atoms with van der Waals surface area (Å²) in [6.07, 6.45) is 0. The molecular weight excluding hydrogens is 532 g/mol. The first kappa shape index (κ1) is 24.7. The number of aromatic nitrogens is 2. The molecular formula is C42H28N2. The number of para-hydroxylation sites is 5. The van der Waals surface area contributed by atoms with E-state index in [1.54, 1.807) is 0 Å². The van der Waals surface area contributed by atoms with Gasteiger partial charge in [0.05, 0.1) is 27.8 Å². The average Bonchev–Trinajstić information content (AvgIpc) is 3.46. The van der Waals surface area contributed by atoms with Gasteiger partial charge in [-0.3, -0.25) is 0 Å². The first-order chi connectivity index (χ1) is 21.9. The van der Waals surface area contributed by atoms with Crippen LogP contribution in [0.1, 0.15) is 0 Å². The van der Waals surface area contributed by atoms with Gasteiger partial charge in [0.15, 0.2) is 0 Å². The Bertz CT molecular complexity index is 2500. The second-order valence-corrected chi connectivity index (χ2v) is 11.3. The van der Waals surface area contributed by atoms with Gasteiger partial charge in [-0.25, -0.2) is 0 Å². The van der Waals surface area contributed by atoms with E-state index < -0.39 is 0 Å². The Balaban J connectivity index is 1.62. The molecule has 0 saturated heterocycles. The smallest absolute Gasteiger partial charge is 0.0782 e. The fourth-order valence-corrected chi connectivity index (χ4v) is 7.11. The standard InChI is InChI=1S/C42H28N2/c1-2-15-29(16-3-1)43-38-25-11-10-23-36(38)37-24-14-28-41(42(37)43)44-39-26-12-8-21-34(39)32-19-6-4-17-30(32)31-18-5-7-20-33(31)35-22-9-13-27-40(35)44/h1-28H. The van der Waals surface area contributed by atoms with Crippen LogP contribution >= 0.6 is 0 Å². The Kier molecular flexibility index (Phi) is 5.54. The van der Waals surface area contributed by atoms with E-state index in [0.29, 0.717) is 0 Å². The summed E-state index contributed by atoms with van der Waals surface area (Å²) < 4.78 is 4.92. The van der Waals surface area contributed by atoms with E-state index in [4.69, 9.17) is 0 Å². The number of hydrogen-bond acceptors (Lipinski definition) is 0. The molecule has 0 aliphatic rings. The Morgan fingerprint density at radius 1 is 0.250 bits per heavy atom. The molecule has 2 heterocycles. The number of nitrogens with zero attached hydrogens (tertiary/aromatic N) is 2. The van der Waals surface area contributed by atoms with E-state index in [1.165, 1.54) is 54.1 Å². The van der Waals surface area contributed by atoms with Crippen LogP contribution in [0.5, 0.6) is 0 Å². The minimum Gasteiger partial charge on any atom is -0.307 e. The van der Waals surface area contributed by atoms with Crippen molar-refractivity contribution in [3.63, 3.8) is 0 Å². The van der Waals surface area contributed by atoms with Gasteiger partial charge in [-0.05, 0) is 57.9 Å². The molecule has 206 valence electrons. The van der Waals surface area contributed by atoms with E-state index in [1.807, 2.05) is 0 Å². The summed E-state index contributed by atoms with van der Waals surface area (Å²) in [6.45, 7) is 0. The predicted octanol–water partition coefficient (Wildman–Crippen LogP) is 11.3. The van der Waals surface area contributed by atoms with Crippen LogP contribution in [0.4, 0.5) is 0 Å². The van der Waals surface area contributed by atoms with Gasteiger partial charge in [0.2, 0.25) is 0 Å². The molecule has 0 atom stereocenters. The van der Waals surface area contributed by atoms with Crippen molar-refractivity contribution in [2.75, 3.05) is 0 Å². The zero-order valence-electron chi connectivity index (χ0n) is 24.1. The van der Waals surface area contributed by atoms with E-state index >= 15 is 0 Å². The molecule has 7 aromatic carbocycles. The summed E-state index contributed by atoms with van der Waals surface area (Å²) in [6, 6.07) is 61.6. The van der Waals surface area contributed by atoms with E-state index in [0.717, 1.165) is 22.4 Å². The van der Waals surface area contributed by atoms with Crippen LogP contribution < -0.4 is 0 Å². The van der Waals surface area contributed by atoms with E-state index in [-0.39, 0.29) is 0 Å². The van der Waals surface area contributed by atoms with Crippen molar-refractivity contribution in [1.82, 2.24) is 9.13 Å². The lowest BCUT2D eigenvalue weighted by molar-refractivity contribution is 1.13. The van der Waals surface area contributed by atoms with Crippen LogP contribution in [-0.2, 0) is 0 Å². The first-order valence-electron chi connectivity index (χ1n) is 15.1. The fourth-order valence-electron chi connectivity index (χ4n) is 7.11. The second kappa shape index (κ2) is 9.86. The largest absolute Gasteiger partial charge is 0.307 e. The van der Waals surface area contributed by atoms with E-state index in [9.17, 15) is 0 Å². The molecule has 0 spiro atoms. The van der Waals surface area contributed by atoms with Crippen LogP contribution in [0.25, 0.3) is 76.5 Å². The SMILES string of the molecule is c1ccc(-n2c3ccccc3c3cccc(-n4c5ccccc5c5ccccc5c5ccccc5c5ccccc54)c32)cc1. The van der Waals surface area contributed by atoms with Crippen LogP contribution in [0, 0.1) is 0 Å². The highest BCUT2D eigenvalue weighted by atomic mass is 15.0. The van der Waals surface area contributed by atoms with Crippen molar-refractivity contribution in [2.24, 2.45) is 0 Å². The van der Waals surface area contributed by atoms with Crippen LogP contribution in [0.3, 0.4) is 0 Å². The van der Waals surface area contributed by atoms with Crippen molar-refractivity contribution < 1.29 is 0 Å². The third-order valence-electron chi connectivity index (χ3n) is 8.94. The minimum absolute atomic E-state index is 1.14. The normalized spacial score (nSPS) is 11.6. The zero-order chi connectivity index (χ0) is 29.0. The molecule has 9 aromatic rings. The third-order valence-corrected chi connectivity index (χ3v) is 8.94. The van der Waals surface area contributed by atoms with Gasteiger partial charge in [0.25, 0.3) is 0 Å². The molecule has 9 rings (SSSR count). The number of rotatable bonds is 2. The highest BCUT2D eigenvalue weighted by Gasteiger charge is 2.18. The maximum absolute atomic E-state index is 2.49.